The molecule has 1 fully saturated rings. The largest absolute Gasteiger partial charge is 0.460 e. The first kappa shape index (κ1) is 23.5. The molecule has 3 heterocycles. The van der Waals surface area contributed by atoms with E-state index in [1.807, 2.05) is 0 Å². The van der Waals surface area contributed by atoms with Gasteiger partial charge in [0.1, 0.15) is 11.3 Å². The molecule has 12 heteroatoms. The number of pyridine rings is 1. The van der Waals surface area contributed by atoms with Crippen molar-refractivity contribution in [2.75, 3.05) is 19.6 Å². The maximum atomic E-state index is 13.7. The number of amides is 1. The highest BCUT2D eigenvalue weighted by Gasteiger charge is 2.36. The lowest BCUT2D eigenvalue weighted by Crippen LogP contribution is -2.42. The lowest BCUT2D eigenvalue weighted by atomic mass is 10.0. The zero-order chi connectivity index (χ0) is 24.5. The molecule has 0 spiro atoms. The lowest BCUT2D eigenvalue weighted by Gasteiger charge is -2.31. The number of halogens is 5. The van der Waals surface area contributed by atoms with Crippen LogP contribution in [0.2, 0.25) is 0 Å². The average molecular weight is 479 g/mol. The monoisotopic (exact) mass is 479 g/mol. The number of carbonyl (C=O) groups is 1. The number of benzene rings is 1. The van der Waals surface area contributed by atoms with Gasteiger partial charge in [-0.25, -0.2) is 8.78 Å². The molecule has 4 rings (SSSR count). The maximum absolute atomic E-state index is 13.7. The highest BCUT2D eigenvalue weighted by molar-refractivity contribution is 5.94. The van der Waals surface area contributed by atoms with Gasteiger partial charge in [0.15, 0.2) is 0 Å². The summed E-state index contributed by atoms with van der Waals surface area (Å²) in [6.07, 6.45) is -4.16. The van der Waals surface area contributed by atoms with E-state index in [9.17, 15) is 26.7 Å². The van der Waals surface area contributed by atoms with Crippen molar-refractivity contribution in [3.05, 3.63) is 63.9 Å². The first-order valence-corrected chi connectivity index (χ1v) is 10.4. The fraction of sp³-hybridized carbons (Fsp3) is 0.364. The third-order valence-corrected chi connectivity index (χ3v) is 5.58. The summed E-state index contributed by atoms with van der Waals surface area (Å²) in [6.45, 7) is -0.125. The van der Waals surface area contributed by atoms with Gasteiger partial charge in [0, 0.05) is 61.0 Å². The molecular formula is C22H18F5N5O2. The van der Waals surface area contributed by atoms with E-state index < -0.39 is 36.4 Å². The Morgan fingerprint density at radius 2 is 1.94 bits per heavy atom. The Kier molecular flexibility index (Phi) is 6.18. The van der Waals surface area contributed by atoms with Gasteiger partial charge in [-0.3, -0.25) is 9.78 Å². The number of likely N-dealkylation sites (tertiary alicyclic amines) is 1. The summed E-state index contributed by atoms with van der Waals surface area (Å²) in [6, 6.07) is 6.68. The first-order chi connectivity index (χ1) is 16.1. The summed E-state index contributed by atoms with van der Waals surface area (Å²) < 4.78 is 73.2. The van der Waals surface area contributed by atoms with E-state index in [1.54, 1.807) is 0 Å². The molecule has 1 aliphatic rings. The average Bonchev–Trinajstić information content (AvgIpc) is 3.20. The van der Waals surface area contributed by atoms with Crippen LogP contribution < -0.4 is 0 Å². The van der Waals surface area contributed by atoms with Crippen molar-refractivity contribution in [1.82, 2.24) is 9.88 Å². The van der Waals surface area contributed by atoms with Crippen molar-refractivity contribution in [3.63, 3.8) is 0 Å². The van der Waals surface area contributed by atoms with E-state index in [0.717, 1.165) is 6.07 Å². The van der Waals surface area contributed by atoms with Crippen LogP contribution in [0.4, 0.5) is 22.0 Å². The van der Waals surface area contributed by atoms with E-state index >= 15 is 0 Å². The second-order valence-electron chi connectivity index (χ2n) is 7.94. The predicted molar refractivity (Wildman–Crippen MR) is 112 cm³/mol. The van der Waals surface area contributed by atoms with E-state index in [-0.39, 0.29) is 59.6 Å². The molecule has 178 valence electrons. The maximum Gasteiger partial charge on any atom is 0.420 e. The summed E-state index contributed by atoms with van der Waals surface area (Å²) in [7, 11) is 0. The van der Waals surface area contributed by atoms with Gasteiger partial charge in [-0.1, -0.05) is 5.11 Å². The number of azide groups is 1. The van der Waals surface area contributed by atoms with Crippen LogP contribution in [0, 0.1) is 0 Å². The van der Waals surface area contributed by atoms with E-state index in [4.69, 9.17) is 9.95 Å². The number of piperidine rings is 1. The van der Waals surface area contributed by atoms with Gasteiger partial charge in [-0.2, -0.15) is 13.2 Å². The van der Waals surface area contributed by atoms with Crippen LogP contribution in [0.1, 0.15) is 34.5 Å². The molecular weight excluding hydrogens is 461 g/mol. The van der Waals surface area contributed by atoms with E-state index in [0.29, 0.717) is 0 Å². The molecule has 0 saturated carbocycles. The molecule has 1 amide bonds. The third-order valence-electron chi connectivity index (χ3n) is 5.58. The normalized spacial score (nSPS) is 15.9. The SMILES string of the molecule is [N-]=[N+]=NCCc1cc2cc(-c3ccc(C(=O)N4CCC(F)(F)CC4)cn3)cc(C(F)(F)F)c2o1. The van der Waals surface area contributed by atoms with Crippen LogP contribution in [-0.2, 0) is 12.6 Å². The second kappa shape index (κ2) is 8.94. The van der Waals surface area contributed by atoms with Crippen LogP contribution in [0.15, 0.2) is 46.1 Å². The number of fused-ring (bicyclic) bond motifs is 1. The third kappa shape index (κ3) is 4.96. The number of alkyl halides is 5. The zero-order valence-corrected chi connectivity index (χ0v) is 17.6. The number of furan rings is 1. The quantitative estimate of drug-likeness (QED) is 0.188. The molecule has 7 nitrogen and oxygen atoms in total. The van der Waals surface area contributed by atoms with Gasteiger partial charge in [0.25, 0.3) is 11.8 Å². The Labute approximate surface area is 189 Å². The Hall–Kier alpha value is -3.66. The molecule has 0 radical (unpaired) electrons. The van der Waals surface area contributed by atoms with Crippen LogP contribution in [-0.4, -0.2) is 41.3 Å². The molecule has 34 heavy (non-hydrogen) atoms. The molecule has 1 aromatic carbocycles. The highest BCUT2D eigenvalue weighted by Crippen LogP contribution is 2.39. The standard InChI is InChI=1S/C22H18F5N5O2/c23-21(24)4-7-32(8-5-21)20(33)13-1-2-18(29-12-13)14-9-15-10-16(3-6-30-31-28)34-19(15)17(11-14)22(25,26)27/h1-2,9-12H,3-8H2. The summed E-state index contributed by atoms with van der Waals surface area (Å²) in [5.74, 6) is -3.00. The molecule has 1 saturated heterocycles. The molecule has 0 atom stereocenters. The number of aromatic nitrogens is 1. The minimum Gasteiger partial charge on any atom is -0.460 e. The fourth-order valence-corrected chi connectivity index (χ4v) is 3.80. The van der Waals surface area contributed by atoms with Crippen LogP contribution in [0.3, 0.4) is 0 Å². The number of nitrogens with zero attached hydrogens (tertiary/aromatic N) is 5. The molecule has 2 aromatic heterocycles. The predicted octanol–water partition coefficient (Wildman–Crippen LogP) is 6.24. The molecule has 0 unspecified atom stereocenters. The Balaban J connectivity index is 1.62. The summed E-state index contributed by atoms with van der Waals surface area (Å²) in [5.41, 5.74) is 7.58. The summed E-state index contributed by atoms with van der Waals surface area (Å²) in [5, 5.41) is 3.56. The number of hydrogen-bond donors (Lipinski definition) is 0. The van der Waals surface area contributed by atoms with Crippen LogP contribution in [0.25, 0.3) is 32.7 Å². The smallest absolute Gasteiger partial charge is 0.420 e. The van der Waals surface area contributed by atoms with E-state index in [2.05, 4.69) is 15.0 Å². The van der Waals surface area contributed by atoms with Crippen LogP contribution >= 0.6 is 0 Å². The topological polar surface area (TPSA) is 95.1 Å². The minimum atomic E-state index is -4.69. The summed E-state index contributed by atoms with van der Waals surface area (Å²) in [4.78, 5) is 20.6. The van der Waals surface area contributed by atoms with Gasteiger partial charge in [-0.05, 0) is 35.9 Å². The number of hydrogen-bond acceptors (Lipinski definition) is 4. The van der Waals surface area contributed by atoms with Gasteiger partial charge in [-0.15, -0.1) is 0 Å². The highest BCUT2D eigenvalue weighted by atomic mass is 19.4. The number of carbonyl (C=O) groups excluding carboxylic acids is 1. The first-order valence-electron chi connectivity index (χ1n) is 10.4. The Bertz CT molecular complexity index is 1250. The van der Waals surface area contributed by atoms with Crippen molar-refractivity contribution in [1.29, 1.82) is 0 Å². The lowest BCUT2D eigenvalue weighted by molar-refractivity contribution is -0.136. The molecule has 1 aliphatic heterocycles. The number of rotatable bonds is 5. The second-order valence-corrected chi connectivity index (χ2v) is 7.94. The fourth-order valence-electron chi connectivity index (χ4n) is 3.80. The minimum absolute atomic E-state index is 0.0379. The van der Waals surface area contributed by atoms with Crippen LogP contribution in [0.5, 0.6) is 0 Å². The van der Waals surface area contributed by atoms with Crippen molar-refractivity contribution in [2.24, 2.45) is 5.11 Å². The van der Waals surface area contributed by atoms with E-state index in [1.165, 1.54) is 35.4 Å². The Morgan fingerprint density at radius 3 is 2.56 bits per heavy atom. The van der Waals surface area contributed by atoms with Crippen molar-refractivity contribution in [3.8, 4) is 11.3 Å². The van der Waals surface area contributed by atoms with Gasteiger partial charge >= 0.3 is 6.18 Å². The Morgan fingerprint density at radius 1 is 1.21 bits per heavy atom. The zero-order valence-electron chi connectivity index (χ0n) is 17.6. The van der Waals surface area contributed by atoms with Gasteiger partial charge in [0.05, 0.1) is 16.8 Å². The van der Waals surface area contributed by atoms with Gasteiger partial charge < -0.3 is 9.32 Å². The van der Waals surface area contributed by atoms with Crippen molar-refractivity contribution >= 4 is 16.9 Å². The molecule has 0 aliphatic carbocycles. The van der Waals surface area contributed by atoms with Crippen molar-refractivity contribution in [2.45, 2.75) is 31.4 Å². The molecule has 0 N–H and O–H groups in total. The summed E-state index contributed by atoms with van der Waals surface area (Å²) >= 11 is 0. The van der Waals surface area contributed by atoms with Gasteiger partial charge in [0.2, 0.25) is 0 Å². The van der Waals surface area contributed by atoms with Crippen molar-refractivity contribution < 1.29 is 31.2 Å². The molecule has 0 bridgehead atoms. The molecule has 3 aromatic rings.